The zero-order valence-electron chi connectivity index (χ0n) is 16.8. The van der Waals surface area contributed by atoms with E-state index in [4.69, 9.17) is 33.3 Å². The summed E-state index contributed by atoms with van der Waals surface area (Å²) >= 11 is 11.3. The van der Waals surface area contributed by atoms with E-state index in [1.807, 2.05) is 43.8 Å². The molecule has 0 saturated carbocycles. The quantitative estimate of drug-likeness (QED) is 0.423. The van der Waals surface area contributed by atoms with Gasteiger partial charge in [-0.1, -0.05) is 17.7 Å². The normalized spacial score (nSPS) is 10.6. The Kier molecular flexibility index (Phi) is 9.37. The number of aromatic nitrogens is 2. The molecule has 2 N–H and O–H groups in total. The van der Waals surface area contributed by atoms with Crippen molar-refractivity contribution in [3.05, 3.63) is 40.7 Å². The van der Waals surface area contributed by atoms with E-state index >= 15 is 0 Å². The fourth-order valence-electron chi connectivity index (χ4n) is 2.68. The van der Waals surface area contributed by atoms with Gasteiger partial charge in [0.1, 0.15) is 0 Å². The standard InChI is InChI=1S/C20H29ClN4O2S/c1-4-26-18-8-7-16(13-19(18)27-5-2)9-11-23-20(28)22-10-6-12-25-14-17(21)15(3)24-25/h7-8,13-14H,4-6,9-12H2,1-3H3,(H2,22,23,28). The van der Waals surface area contributed by atoms with Crippen molar-refractivity contribution in [3.63, 3.8) is 0 Å². The van der Waals surface area contributed by atoms with E-state index in [-0.39, 0.29) is 0 Å². The van der Waals surface area contributed by atoms with Crippen LogP contribution in [0, 0.1) is 6.92 Å². The van der Waals surface area contributed by atoms with Crippen LogP contribution in [-0.2, 0) is 13.0 Å². The Hall–Kier alpha value is -1.99. The predicted molar refractivity (Wildman–Crippen MR) is 118 cm³/mol. The summed E-state index contributed by atoms with van der Waals surface area (Å²) in [4.78, 5) is 0. The van der Waals surface area contributed by atoms with Crippen LogP contribution in [0.4, 0.5) is 0 Å². The molecule has 28 heavy (non-hydrogen) atoms. The molecule has 8 heteroatoms. The minimum atomic E-state index is 0.611. The first kappa shape index (κ1) is 22.3. The monoisotopic (exact) mass is 424 g/mol. The number of benzene rings is 1. The molecule has 0 bridgehead atoms. The minimum Gasteiger partial charge on any atom is -0.490 e. The van der Waals surface area contributed by atoms with Crippen molar-refractivity contribution in [2.75, 3.05) is 26.3 Å². The van der Waals surface area contributed by atoms with Crippen molar-refractivity contribution in [3.8, 4) is 11.5 Å². The van der Waals surface area contributed by atoms with Crippen LogP contribution >= 0.6 is 23.8 Å². The van der Waals surface area contributed by atoms with Gasteiger partial charge in [-0.3, -0.25) is 4.68 Å². The lowest BCUT2D eigenvalue weighted by Gasteiger charge is -2.13. The van der Waals surface area contributed by atoms with Gasteiger partial charge in [-0.25, -0.2) is 0 Å². The van der Waals surface area contributed by atoms with Gasteiger partial charge in [0.05, 0.1) is 23.9 Å². The maximum absolute atomic E-state index is 6.01. The summed E-state index contributed by atoms with van der Waals surface area (Å²) in [7, 11) is 0. The SMILES string of the molecule is CCOc1ccc(CCNC(=S)NCCCn2cc(Cl)c(C)n2)cc1OCC. The molecule has 0 amide bonds. The molecule has 0 aliphatic heterocycles. The summed E-state index contributed by atoms with van der Waals surface area (Å²) in [5.74, 6) is 1.57. The van der Waals surface area contributed by atoms with Crippen molar-refractivity contribution in [1.82, 2.24) is 20.4 Å². The fourth-order valence-corrected chi connectivity index (χ4v) is 3.04. The largest absolute Gasteiger partial charge is 0.490 e. The lowest BCUT2D eigenvalue weighted by molar-refractivity contribution is 0.287. The van der Waals surface area contributed by atoms with Crippen molar-refractivity contribution in [1.29, 1.82) is 0 Å². The van der Waals surface area contributed by atoms with Crippen LogP contribution in [0.1, 0.15) is 31.5 Å². The van der Waals surface area contributed by atoms with Crippen molar-refractivity contribution in [2.45, 2.75) is 40.2 Å². The van der Waals surface area contributed by atoms with Gasteiger partial charge in [-0.05, 0) is 63.5 Å². The molecule has 0 saturated heterocycles. The highest BCUT2D eigenvalue weighted by Crippen LogP contribution is 2.28. The second kappa shape index (κ2) is 11.8. The van der Waals surface area contributed by atoms with E-state index < -0.39 is 0 Å². The van der Waals surface area contributed by atoms with E-state index in [0.717, 1.165) is 49.7 Å². The maximum atomic E-state index is 6.01. The third kappa shape index (κ3) is 7.20. The summed E-state index contributed by atoms with van der Waals surface area (Å²) in [5, 5.41) is 12.2. The Morgan fingerprint density at radius 2 is 1.86 bits per heavy atom. The Morgan fingerprint density at radius 1 is 1.14 bits per heavy atom. The van der Waals surface area contributed by atoms with Crippen LogP contribution in [0.5, 0.6) is 11.5 Å². The molecule has 1 aromatic heterocycles. The third-order valence-electron chi connectivity index (χ3n) is 4.04. The lowest BCUT2D eigenvalue weighted by atomic mass is 10.1. The van der Waals surface area contributed by atoms with Crippen LogP contribution in [0.25, 0.3) is 0 Å². The summed E-state index contributed by atoms with van der Waals surface area (Å²) in [5.41, 5.74) is 2.03. The van der Waals surface area contributed by atoms with Crippen LogP contribution in [0.3, 0.4) is 0 Å². The van der Waals surface area contributed by atoms with Gasteiger partial charge in [0.15, 0.2) is 16.6 Å². The van der Waals surface area contributed by atoms with Gasteiger partial charge in [0.25, 0.3) is 0 Å². The Balaban J connectivity index is 1.67. The first-order valence-electron chi connectivity index (χ1n) is 9.63. The third-order valence-corrected chi connectivity index (χ3v) is 4.70. The van der Waals surface area contributed by atoms with E-state index in [2.05, 4.69) is 21.8 Å². The number of thiocarbonyl (C=S) groups is 1. The summed E-state index contributed by atoms with van der Waals surface area (Å²) in [6.07, 6.45) is 3.61. The number of nitrogens with zero attached hydrogens (tertiary/aromatic N) is 2. The number of aryl methyl sites for hydroxylation is 2. The van der Waals surface area contributed by atoms with Crippen LogP contribution in [0.15, 0.2) is 24.4 Å². The van der Waals surface area contributed by atoms with Crippen molar-refractivity contribution >= 4 is 28.9 Å². The highest BCUT2D eigenvalue weighted by Gasteiger charge is 2.06. The van der Waals surface area contributed by atoms with Crippen molar-refractivity contribution in [2.24, 2.45) is 0 Å². The van der Waals surface area contributed by atoms with Crippen LogP contribution in [0.2, 0.25) is 5.02 Å². The Labute approximate surface area is 177 Å². The highest BCUT2D eigenvalue weighted by atomic mass is 35.5. The van der Waals surface area contributed by atoms with Gasteiger partial charge in [-0.2, -0.15) is 5.10 Å². The summed E-state index contributed by atoms with van der Waals surface area (Å²) in [6, 6.07) is 6.05. The lowest BCUT2D eigenvalue weighted by Crippen LogP contribution is -2.37. The number of hydrogen-bond acceptors (Lipinski definition) is 4. The molecule has 1 aromatic carbocycles. The molecule has 0 unspecified atom stereocenters. The topological polar surface area (TPSA) is 60.3 Å². The average Bonchev–Trinajstić information content (AvgIpc) is 2.99. The fraction of sp³-hybridized carbons (Fsp3) is 0.500. The molecule has 2 aromatic rings. The molecular formula is C20H29ClN4O2S. The van der Waals surface area contributed by atoms with Crippen molar-refractivity contribution < 1.29 is 9.47 Å². The summed E-state index contributed by atoms with van der Waals surface area (Å²) in [6.45, 7) is 9.39. The predicted octanol–water partition coefficient (Wildman–Crippen LogP) is 3.74. The van der Waals surface area contributed by atoms with E-state index in [1.165, 1.54) is 5.56 Å². The maximum Gasteiger partial charge on any atom is 0.166 e. The van der Waals surface area contributed by atoms with E-state index in [1.54, 1.807) is 0 Å². The number of halogens is 1. The Morgan fingerprint density at radius 3 is 2.54 bits per heavy atom. The number of ether oxygens (including phenoxy) is 2. The Bertz CT molecular complexity index is 747. The molecule has 154 valence electrons. The van der Waals surface area contributed by atoms with Crippen LogP contribution in [-0.4, -0.2) is 41.2 Å². The molecule has 0 aliphatic carbocycles. The molecule has 6 nitrogen and oxygen atoms in total. The van der Waals surface area contributed by atoms with Gasteiger partial charge in [0.2, 0.25) is 0 Å². The second-order valence-corrected chi connectivity index (χ2v) is 7.07. The molecule has 0 atom stereocenters. The first-order valence-corrected chi connectivity index (χ1v) is 10.4. The number of nitrogens with one attached hydrogen (secondary N) is 2. The summed E-state index contributed by atoms with van der Waals surface area (Å²) < 4.78 is 13.1. The van der Waals surface area contributed by atoms with Crippen LogP contribution < -0.4 is 20.1 Å². The van der Waals surface area contributed by atoms with Gasteiger partial charge >= 0.3 is 0 Å². The smallest absolute Gasteiger partial charge is 0.166 e. The molecule has 0 radical (unpaired) electrons. The molecule has 0 spiro atoms. The minimum absolute atomic E-state index is 0.611. The molecule has 2 rings (SSSR count). The molecule has 0 aliphatic rings. The van der Waals surface area contributed by atoms with E-state index in [0.29, 0.717) is 23.3 Å². The van der Waals surface area contributed by atoms with E-state index in [9.17, 15) is 0 Å². The van der Waals surface area contributed by atoms with Gasteiger partial charge < -0.3 is 20.1 Å². The molecule has 1 heterocycles. The zero-order chi connectivity index (χ0) is 20.4. The number of rotatable bonds is 11. The number of hydrogen-bond donors (Lipinski definition) is 2. The van der Waals surface area contributed by atoms with Gasteiger partial charge in [-0.15, -0.1) is 0 Å². The van der Waals surface area contributed by atoms with Gasteiger partial charge in [0, 0.05) is 25.8 Å². The molecule has 0 fully saturated rings. The molecular weight excluding hydrogens is 396 g/mol. The second-order valence-electron chi connectivity index (χ2n) is 6.26. The average molecular weight is 425 g/mol. The zero-order valence-corrected chi connectivity index (χ0v) is 18.3. The first-order chi connectivity index (χ1) is 13.5. The highest BCUT2D eigenvalue weighted by molar-refractivity contribution is 7.80.